The standard InChI is InChI=1S/C23H14F2IN3O/c24-17-4-1-14(2-5-17)13-30-22-8-3-15(10-19(22)26)9-16(12-27)23-28-20-7-6-18(25)11-21(20)29-23/h1-11H,13H2,(H,28,29)/b16-9-. The van der Waals surface area contributed by atoms with Crippen molar-refractivity contribution >= 4 is 45.3 Å². The molecule has 0 aliphatic rings. The zero-order valence-electron chi connectivity index (χ0n) is 15.5. The highest BCUT2D eigenvalue weighted by molar-refractivity contribution is 14.1. The van der Waals surface area contributed by atoms with Crippen molar-refractivity contribution in [3.05, 3.63) is 92.8 Å². The zero-order chi connectivity index (χ0) is 21.1. The summed E-state index contributed by atoms with van der Waals surface area (Å²) in [6.07, 6.45) is 1.71. The Balaban J connectivity index is 1.55. The number of nitrogens with one attached hydrogen (secondary N) is 1. The second-order valence-electron chi connectivity index (χ2n) is 6.52. The maximum atomic E-state index is 13.4. The minimum Gasteiger partial charge on any atom is -0.488 e. The molecule has 7 heteroatoms. The van der Waals surface area contributed by atoms with Gasteiger partial charge in [0.1, 0.15) is 35.9 Å². The summed E-state index contributed by atoms with van der Waals surface area (Å²) in [6.45, 7) is 0.324. The van der Waals surface area contributed by atoms with Gasteiger partial charge in [0.25, 0.3) is 0 Å². The number of ether oxygens (including phenoxy) is 1. The fraction of sp³-hybridized carbons (Fsp3) is 0.0435. The van der Waals surface area contributed by atoms with Gasteiger partial charge in [0.05, 0.1) is 20.2 Å². The Morgan fingerprint density at radius 1 is 1.07 bits per heavy atom. The summed E-state index contributed by atoms with van der Waals surface area (Å²) in [4.78, 5) is 7.34. The molecule has 0 aliphatic carbocycles. The first kappa shape index (κ1) is 20.0. The van der Waals surface area contributed by atoms with E-state index in [4.69, 9.17) is 4.74 Å². The van der Waals surface area contributed by atoms with Crippen LogP contribution in [0.4, 0.5) is 8.78 Å². The molecular weight excluding hydrogens is 499 g/mol. The second kappa shape index (κ2) is 8.63. The maximum absolute atomic E-state index is 13.4. The highest BCUT2D eigenvalue weighted by Crippen LogP contribution is 2.26. The van der Waals surface area contributed by atoms with E-state index < -0.39 is 0 Å². The lowest BCUT2D eigenvalue weighted by molar-refractivity contribution is 0.304. The van der Waals surface area contributed by atoms with Crippen LogP contribution in [0.15, 0.2) is 60.7 Å². The first-order chi connectivity index (χ1) is 14.5. The smallest absolute Gasteiger partial charge is 0.149 e. The van der Waals surface area contributed by atoms with Gasteiger partial charge in [-0.05, 0) is 82.3 Å². The van der Waals surface area contributed by atoms with Crippen LogP contribution in [0.3, 0.4) is 0 Å². The van der Waals surface area contributed by atoms with E-state index in [1.165, 1.54) is 24.3 Å². The Bertz CT molecular complexity index is 1290. The van der Waals surface area contributed by atoms with Gasteiger partial charge in [-0.1, -0.05) is 18.2 Å². The van der Waals surface area contributed by atoms with E-state index in [9.17, 15) is 14.0 Å². The predicted octanol–water partition coefficient (Wildman–Crippen LogP) is 6.09. The van der Waals surface area contributed by atoms with E-state index in [0.29, 0.717) is 34.8 Å². The Hall–Kier alpha value is -3.25. The number of halogens is 3. The maximum Gasteiger partial charge on any atom is 0.149 e. The van der Waals surface area contributed by atoms with Crippen LogP contribution < -0.4 is 4.74 Å². The van der Waals surface area contributed by atoms with Crippen LogP contribution in [0.2, 0.25) is 0 Å². The van der Waals surface area contributed by atoms with Crippen LogP contribution in [-0.4, -0.2) is 9.97 Å². The molecule has 0 saturated carbocycles. The largest absolute Gasteiger partial charge is 0.488 e. The molecule has 4 aromatic rings. The van der Waals surface area contributed by atoms with E-state index in [2.05, 4.69) is 38.6 Å². The summed E-state index contributed by atoms with van der Waals surface area (Å²) < 4.78 is 33.1. The number of benzene rings is 3. The molecule has 0 unspecified atom stereocenters. The number of fused-ring (bicyclic) bond motifs is 1. The quantitative estimate of drug-likeness (QED) is 0.260. The number of hydrogen-bond donors (Lipinski definition) is 1. The van der Waals surface area contributed by atoms with E-state index in [-0.39, 0.29) is 11.6 Å². The van der Waals surface area contributed by atoms with Gasteiger partial charge in [-0.15, -0.1) is 0 Å². The van der Waals surface area contributed by atoms with Gasteiger partial charge in [-0.2, -0.15) is 5.26 Å². The molecule has 3 aromatic carbocycles. The predicted molar refractivity (Wildman–Crippen MR) is 119 cm³/mol. The van der Waals surface area contributed by atoms with Crippen LogP contribution in [0, 0.1) is 26.5 Å². The Morgan fingerprint density at radius 2 is 1.83 bits per heavy atom. The molecule has 1 aromatic heterocycles. The lowest BCUT2D eigenvalue weighted by Crippen LogP contribution is -1.97. The van der Waals surface area contributed by atoms with Crippen molar-refractivity contribution in [3.63, 3.8) is 0 Å². The van der Waals surface area contributed by atoms with Crippen molar-refractivity contribution in [2.24, 2.45) is 0 Å². The zero-order valence-corrected chi connectivity index (χ0v) is 17.7. The Morgan fingerprint density at radius 3 is 2.57 bits per heavy atom. The average Bonchev–Trinajstić information content (AvgIpc) is 3.15. The third kappa shape index (κ3) is 4.49. The Labute approximate surface area is 185 Å². The normalized spacial score (nSPS) is 11.5. The monoisotopic (exact) mass is 513 g/mol. The third-order valence-corrected chi connectivity index (χ3v) is 5.24. The molecule has 4 nitrogen and oxygen atoms in total. The van der Waals surface area contributed by atoms with Crippen LogP contribution >= 0.6 is 22.6 Å². The fourth-order valence-corrected chi connectivity index (χ4v) is 3.59. The molecule has 1 N–H and O–H groups in total. The molecule has 4 rings (SSSR count). The molecule has 1 heterocycles. The van der Waals surface area contributed by atoms with Gasteiger partial charge in [0.15, 0.2) is 0 Å². The lowest BCUT2D eigenvalue weighted by Gasteiger charge is -2.09. The average molecular weight is 513 g/mol. The van der Waals surface area contributed by atoms with Crippen LogP contribution in [0.1, 0.15) is 17.0 Å². The van der Waals surface area contributed by atoms with Gasteiger partial charge in [0.2, 0.25) is 0 Å². The molecular formula is C23H14F2IN3O. The molecule has 0 fully saturated rings. The van der Waals surface area contributed by atoms with Gasteiger partial charge in [-0.25, -0.2) is 13.8 Å². The van der Waals surface area contributed by atoms with Gasteiger partial charge < -0.3 is 9.72 Å². The first-order valence-corrected chi connectivity index (χ1v) is 10.0. The number of nitriles is 1. The molecule has 0 aliphatic heterocycles. The fourth-order valence-electron chi connectivity index (χ4n) is 2.90. The van der Waals surface area contributed by atoms with Crippen LogP contribution in [0.25, 0.3) is 22.7 Å². The third-order valence-electron chi connectivity index (χ3n) is 4.39. The van der Waals surface area contributed by atoms with Crippen molar-refractivity contribution in [1.29, 1.82) is 5.26 Å². The first-order valence-electron chi connectivity index (χ1n) is 8.96. The van der Waals surface area contributed by atoms with Crippen LogP contribution in [-0.2, 0) is 6.61 Å². The van der Waals surface area contributed by atoms with Crippen molar-refractivity contribution < 1.29 is 13.5 Å². The number of aromatic nitrogens is 2. The number of imidazole rings is 1. The summed E-state index contributed by atoms with van der Waals surface area (Å²) in [5.74, 6) is 0.415. The molecule has 0 spiro atoms. The highest BCUT2D eigenvalue weighted by Gasteiger charge is 2.10. The summed E-state index contributed by atoms with van der Waals surface area (Å²) in [5, 5.41) is 9.57. The summed E-state index contributed by atoms with van der Waals surface area (Å²) in [7, 11) is 0. The molecule has 0 atom stereocenters. The number of rotatable bonds is 5. The van der Waals surface area contributed by atoms with Gasteiger partial charge in [0, 0.05) is 0 Å². The molecule has 148 valence electrons. The van der Waals surface area contributed by atoms with Crippen molar-refractivity contribution in [2.75, 3.05) is 0 Å². The van der Waals surface area contributed by atoms with E-state index in [0.717, 1.165) is 14.7 Å². The second-order valence-corrected chi connectivity index (χ2v) is 7.68. The highest BCUT2D eigenvalue weighted by atomic mass is 127. The minimum atomic E-state index is -0.369. The van der Waals surface area contributed by atoms with E-state index >= 15 is 0 Å². The molecule has 30 heavy (non-hydrogen) atoms. The SMILES string of the molecule is N#C/C(=C/c1ccc(OCc2ccc(F)cc2)c(I)c1)c1nc2ccc(F)cc2[nH]1. The van der Waals surface area contributed by atoms with Crippen molar-refractivity contribution in [2.45, 2.75) is 6.61 Å². The number of allylic oxidation sites excluding steroid dienone is 1. The molecule has 0 amide bonds. The van der Waals surface area contributed by atoms with Crippen molar-refractivity contribution in [3.8, 4) is 11.8 Å². The summed E-state index contributed by atoms with van der Waals surface area (Å²) in [6, 6.07) is 18.1. The van der Waals surface area contributed by atoms with Crippen LogP contribution in [0.5, 0.6) is 5.75 Å². The molecule has 0 radical (unpaired) electrons. The minimum absolute atomic E-state index is 0.285. The number of nitrogens with zero attached hydrogens (tertiary/aromatic N) is 2. The Kier molecular flexibility index (Phi) is 5.77. The van der Waals surface area contributed by atoms with E-state index in [1.807, 2.05) is 18.2 Å². The van der Waals surface area contributed by atoms with Crippen molar-refractivity contribution in [1.82, 2.24) is 9.97 Å². The number of hydrogen-bond acceptors (Lipinski definition) is 3. The van der Waals surface area contributed by atoms with Gasteiger partial charge in [-0.3, -0.25) is 0 Å². The summed E-state index contributed by atoms with van der Waals surface area (Å²) >= 11 is 2.16. The topological polar surface area (TPSA) is 61.7 Å². The summed E-state index contributed by atoms with van der Waals surface area (Å²) in [5.41, 5.74) is 3.13. The van der Waals surface area contributed by atoms with E-state index in [1.54, 1.807) is 24.3 Å². The molecule has 0 saturated heterocycles. The van der Waals surface area contributed by atoms with Gasteiger partial charge >= 0.3 is 0 Å². The lowest BCUT2D eigenvalue weighted by atomic mass is 10.1. The number of aromatic amines is 1. The number of H-pyrrole nitrogens is 1. The molecule has 0 bridgehead atoms.